The SMILES string of the molecule is CC(=O)O[C@@H]1C[C@@H]2CC[C@H]3[C@@H](CC[C@@]4(C)CCC[C@@H]34)[C@]2(C)CC1=O. The fourth-order valence-corrected chi connectivity index (χ4v) is 7.38. The van der Waals surface area contributed by atoms with E-state index in [1.54, 1.807) is 0 Å². The molecule has 0 saturated heterocycles. The second kappa shape index (κ2) is 5.57. The number of rotatable bonds is 1. The summed E-state index contributed by atoms with van der Waals surface area (Å²) in [5, 5.41) is 0. The number of Topliss-reactive ketones (excluding diaryl/α,β-unsaturated/α-hetero) is 1. The molecule has 3 heteroatoms. The molecule has 0 bridgehead atoms. The molecule has 4 rings (SSSR count). The highest BCUT2D eigenvalue weighted by molar-refractivity contribution is 5.86. The molecule has 24 heavy (non-hydrogen) atoms. The zero-order chi connectivity index (χ0) is 17.1. The van der Waals surface area contributed by atoms with E-state index in [-0.39, 0.29) is 17.2 Å². The van der Waals surface area contributed by atoms with Crippen LogP contribution in [0, 0.1) is 34.5 Å². The average Bonchev–Trinajstić information content (AvgIpc) is 2.89. The van der Waals surface area contributed by atoms with Gasteiger partial charge in [0.1, 0.15) is 0 Å². The quantitative estimate of drug-likeness (QED) is 0.663. The van der Waals surface area contributed by atoms with Crippen LogP contribution in [0.3, 0.4) is 0 Å². The molecule has 0 aromatic heterocycles. The molecule has 0 N–H and O–H groups in total. The zero-order valence-electron chi connectivity index (χ0n) is 15.5. The molecule has 0 spiro atoms. The third kappa shape index (κ3) is 2.37. The number of carbonyl (C=O) groups is 2. The number of ether oxygens (including phenoxy) is 1. The predicted octanol–water partition coefficient (Wildman–Crippen LogP) is 4.53. The third-order valence-electron chi connectivity index (χ3n) is 8.57. The van der Waals surface area contributed by atoms with E-state index in [2.05, 4.69) is 13.8 Å². The first-order valence-corrected chi connectivity index (χ1v) is 10.0. The van der Waals surface area contributed by atoms with Crippen LogP contribution in [0.2, 0.25) is 0 Å². The summed E-state index contributed by atoms with van der Waals surface area (Å²) in [6, 6.07) is 0. The Balaban J connectivity index is 1.57. The summed E-state index contributed by atoms with van der Waals surface area (Å²) in [5.41, 5.74) is 0.712. The van der Waals surface area contributed by atoms with Crippen molar-refractivity contribution in [3.8, 4) is 0 Å². The molecular weight excluding hydrogens is 300 g/mol. The Morgan fingerprint density at radius 1 is 1.08 bits per heavy atom. The lowest BCUT2D eigenvalue weighted by molar-refractivity contribution is -0.169. The number of hydrogen-bond acceptors (Lipinski definition) is 3. The van der Waals surface area contributed by atoms with Gasteiger partial charge in [-0.05, 0) is 79.4 Å². The molecule has 0 heterocycles. The van der Waals surface area contributed by atoms with E-state index in [0.717, 1.165) is 18.3 Å². The van der Waals surface area contributed by atoms with Gasteiger partial charge in [0, 0.05) is 13.3 Å². The normalized spacial score (nSPS) is 50.6. The van der Waals surface area contributed by atoms with Crippen molar-refractivity contribution in [1.82, 2.24) is 0 Å². The van der Waals surface area contributed by atoms with Crippen LogP contribution in [0.25, 0.3) is 0 Å². The van der Waals surface area contributed by atoms with Crippen molar-refractivity contribution < 1.29 is 14.3 Å². The summed E-state index contributed by atoms with van der Waals surface area (Å²) in [6.45, 7) is 6.33. The summed E-state index contributed by atoms with van der Waals surface area (Å²) in [7, 11) is 0. The Hall–Kier alpha value is -0.860. The first-order chi connectivity index (χ1) is 11.3. The van der Waals surface area contributed by atoms with Gasteiger partial charge in [0.2, 0.25) is 0 Å². The molecule has 4 aliphatic carbocycles. The van der Waals surface area contributed by atoms with E-state index in [1.165, 1.54) is 51.9 Å². The van der Waals surface area contributed by atoms with Crippen LogP contribution in [-0.2, 0) is 14.3 Å². The van der Waals surface area contributed by atoms with E-state index < -0.39 is 6.10 Å². The number of ketones is 1. The number of esters is 1. The summed E-state index contributed by atoms with van der Waals surface area (Å²) in [5.74, 6) is 2.82. The van der Waals surface area contributed by atoms with Crippen LogP contribution in [0.1, 0.15) is 78.6 Å². The smallest absolute Gasteiger partial charge is 0.303 e. The highest BCUT2D eigenvalue weighted by Crippen LogP contribution is 2.65. The molecule has 4 aliphatic rings. The van der Waals surface area contributed by atoms with E-state index in [0.29, 0.717) is 23.7 Å². The van der Waals surface area contributed by atoms with Crippen LogP contribution < -0.4 is 0 Å². The van der Waals surface area contributed by atoms with E-state index in [9.17, 15) is 9.59 Å². The molecule has 0 aromatic rings. The van der Waals surface area contributed by atoms with Gasteiger partial charge >= 0.3 is 5.97 Å². The molecule has 7 atom stereocenters. The summed E-state index contributed by atoms with van der Waals surface area (Å²) >= 11 is 0. The molecule has 3 nitrogen and oxygen atoms in total. The number of carbonyl (C=O) groups excluding carboxylic acids is 2. The fourth-order valence-electron chi connectivity index (χ4n) is 7.38. The standard InChI is InChI=1S/C21H32O3/c1-13(22)24-19-11-14-6-7-15-16-5-4-9-20(16,2)10-8-17(15)21(14,3)12-18(19)23/h14-17,19H,4-12H2,1-3H3/t14-,15+,16-,17+,19+,20+,21+/m0/s1. The summed E-state index contributed by atoms with van der Waals surface area (Å²) in [4.78, 5) is 24.0. The highest BCUT2D eigenvalue weighted by atomic mass is 16.5. The number of hydrogen-bond donors (Lipinski definition) is 0. The van der Waals surface area contributed by atoms with Crippen molar-refractivity contribution in [2.45, 2.75) is 84.7 Å². The van der Waals surface area contributed by atoms with Crippen molar-refractivity contribution in [3.05, 3.63) is 0 Å². The Morgan fingerprint density at radius 3 is 2.62 bits per heavy atom. The molecule has 0 unspecified atom stereocenters. The van der Waals surface area contributed by atoms with Gasteiger partial charge in [-0.25, -0.2) is 0 Å². The van der Waals surface area contributed by atoms with Crippen LogP contribution >= 0.6 is 0 Å². The minimum atomic E-state index is -0.475. The monoisotopic (exact) mass is 332 g/mol. The van der Waals surface area contributed by atoms with Crippen LogP contribution in [0.4, 0.5) is 0 Å². The van der Waals surface area contributed by atoms with Crippen molar-refractivity contribution >= 4 is 11.8 Å². The Bertz CT molecular complexity index is 555. The van der Waals surface area contributed by atoms with Gasteiger partial charge in [0.15, 0.2) is 11.9 Å². The second-order valence-corrected chi connectivity index (χ2v) is 9.72. The average molecular weight is 332 g/mol. The topological polar surface area (TPSA) is 43.4 Å². The van der Waals surface area contributed by atoms with Gasteiger partial charge < -0.3 is 4.74 Å². The van der Waals surface area contributed by atoms with Crippen LogP contribution in [0.5, 0.6) is 0 Å². The predicted molar refractivity (Wildman–Crippen MR) is 92.3 cm³/mol. The summed E-state index contributed by atoms with van der Waals surface area (Å²) in [6.07, 6.45) is 10.3. The highest BCUT2D eigenvalue weighted by Gasteiger charge is 2.59. The molecule has 0 radical (unpaired) electrons. The molecule has 0 amide bonds. The lowest BCUT2D eigenvalue weighted by Crippen LogP contribution is -2.55. The van der Waals surface area contributed by atoms with Gasteiger partial charge in [-0.2, -0.15) is 0 Å². The van der Waals surface area contributed by atoms with Crippen molar-refractivity contribution in [3.63, 3.8) is 0 Å². The van der Waals surface area contributed by atoms with E-state index in [4.69, 9.17) is 4.74 Å². The maximum atomic E-state index is 12.7. The van der Waals surface area contributed by atoms with Gasteiger partial charge in [-0.15, -0.1) is 0 Å². The Labute approximate surface area is 145 Å². The van der Waals surface area contributed by atoms with Gasteiger partial charge in [0.05, 0.1) is 0 Å². The van der Waals surface area contributed by atoms with Crippen LogP contribution in [0.15, 0.2) is 0 Å². The van der Waals surface area contributed by atoms with Crippen molar-refractivity contribution in [2.24, 2.45) is 34.5 Å². The summed E-state index contributed by atoms with van der Waals surface area (Å²) < 4.78 is 5.33. The molecule has 4 fully saturated rings. The molecule has 0 aromatic carbocycles. The van der Waals surface area contributed by atoms with Gasteiger partial charge in [-0.1, -0.05) is 20.3 Å². The largest absolute Gasteiger partial charge is 0.455 e. The molecular formula is C21H32O3. The second-order valence-electron chi connectivity index (χ2n) is 9.72. The minimum absolute atomic E-state index is 0.139. The zero-order valence-corrected chi connectivity index (χ0v) is 15.5. The third-order valence-corrected chi connectivity index (χ3v) is 8.57. The van der Waals surface area contributed by atoms with E-state index in [1.807, 2.05) is 0 Å². The van der Waals surface area contributed by atoms with Gasteiger partial charge in [-0.3, -0.25) is 9.59 Å². The fraction of sp³-hybridized carbons (Fsp3) is 0.905. The molecule has 0 aliphatic heterocycles. The van der Waals surface area contributed by atoms with Crippen molar-refractivity contribution in [2.75, 3.05) is 0 Å². The lowest BCUT2D eigenvalue weighted by Gasteiger charge is -2.60. The first kappa shape index (κ1) is 16.6. The van der Waals surface area contributed by atoms with Gasteiger partial charge in [0.25, 0.3) is 0 Å². The molecule has 4 saturated carbocycles. The van der Waals surface area contributed by atoms with E-state index >= 15 is 0 Å². The lowest BCUT2D eigenvalue weighted by atomic mass is 9.45. The Morgan fingerprint density at radius 2 is 1.88 bits per heavy atom. The maximum Gasteiger partial charge on any atom is 0.303 e. The first-order valence-electron chi connectivity index (χ1n) is 10.0. The number of fused-ring (bicyclic) bond motifs is 5. The molecule has 134 valence electrons. The maximum absolute atomic E-state index is 12.7. The minimum Gasteiger partial charge on any atom is -0.455 e. The van der Waals surface area contributed by atoms with Crippen molar-refractivity contribution in [1.29, 1.82) is 0 Å². The van der Waals surface area contributed by atoms with Crippen LogP contribution in [-0.4, -0.2) is 17.9 Å². The Kier molecular flexibility index (Phi) is 3.85.